The molecule has 0 amide bonds. The van der Waals surface area contributed by atoms with E-state index in [1.165, 1.54) is 18.2 Å². The molecule has 0 radical (unpaired) electrons. The van der Waals surface area contributed by atoms with Gasteiger partial charge in [-0.05, 0) is 12.1 Å². The number of nitrogens with one attached hydrogen (secondary N) is 1. The van der Waals surface area contributed by atoms with Crippen molar-refractivity contribution < 1.29 is 18.7 Å². The topological polar surface area (TPSA) is 62.2 Å². The molecular formula is C12H8F2N2O2. The van der Waals surface area contributed by atoms with Gasteiger partial charge in [0.25, 0.3) is 0 Å². The van der Waals surface area contributed by atoms with Crippen LogP contribution in [0.3, 0.4) is 0 Å². The number of aromatic nitrogens is 1. The number of anilines is 2. The molecule has 2 aromatic rings. The van der Waals surface area contributed by atoms with Gasteiger partial charge in [-0.15, -0.1) is 0 Å². The van der Waals surface area contributed by atoms with Gasteiger partial charge in [-0.1, -0.05) is 12.1 Å². The predicted molar refractivity (Wildman–Crippen MR) is 60.8 cm³/mol. The van der Waals surface area contributed by atoms with E-state index in [1.807, 2.05) is 0 Å². The molecule has 0 aliphatic heterocycles. The Morgan fingerprint density at radius 2 is 1.89 bits per heavy atom. The second-order valence-corrected chi connectivity index (χ2v) is 3.45. The third-order valence-corrected chi connectivity index (χ3v) is 2.26. The normalized spacial score (nSPS) is 10.1. The van der Waals surface area contributed by atoms with Crippen LogP contribution in [0.15, 0.2) is 36.7 Å². The van der Waals surface area contributed by atoms with Crippen molar-refractivity contribution in [2.45, 2.75) is 0 Å². The Bertz CT molecular complexity index is 602. The van der Waals surface area contributed by atoms with Crippen molar-refractivity contribution in [1.82, 2.24) is 4.98 Å². The number of carboxylic acids is 1. The zero-order chi connectivity index (χ0) is 13.1. The first-order valence-electron chi connectivity index (χ1n) is 4.98. The number of rotatable bonds is 3. The minimum absolute atomic E-state index is 0.00917. The van der Waals surface area contributed by atoms with E-state index in [2.05, 4.69) is 10.3 Å². The molecule has 0 spiro atoms. The fraction of sp³-hybridized carbons (Fsp3) is 0. The van der Waals surface area contributed by atoms with E-state index >= 15 is 0 Å². The van der Waals surface area contributed by atoms with Crippen LogP contribution >= 0.6 is 0 Å². The largest absolute Gasteiger partial charge is 0.478 e. The van der Waals surface area contributed by atoms with Crippen LogP contribution in [0.1, 0.15) is 10.4 Å². The van der Waals surface area contributed by atoms with Gasteiger partial charge >= 0.3 is 5.97 Å². The first-order valence-corrected chi connectivity index (χ1v) is 4.98. The van der Waals surface area contributed by atoms with Crippen molar-refractivity contribution in [2.24, 2.45) is 0 Å². The Balaban J connectivity index is 2.46. The Morgan fingerprint density at radius 3 is 2.56 bits per heavy atom. The van der Waals surface area contributed by atoms with E-state index in [-0.39, 0.29) is 16.9 Å². The second kappa shape index (κ2) is 4.79. The lowest BCUT2D eigenvalue weighted by Gasteiger charge is -2.10. The summed E-state index contributed by atoms with van der Waals surface area (Å²) in [4.78, 5) is 14.3. The molecule has 1 aromatic carbocycles. The smallest absolute Gasteiger partial charge is 0.339 e. The van der Waals surface area contributed by atoms with Gasteiger partial charge in [-0.2, -0.15) is 0 Å². The van der Waals surface area contributed by atoms with E-state index in [4.69, 9.17) is 5.11 Å². The van der Waals surface area contributed by atoms with E-state index in [9.17, 15) is 13.6 Å². The SMILES string of the molecule is O=C(O)c1cncc(F)c1Nc1ccccc1F. The highest BCUT2D eigenvalue weighted by Crippen LogP contribution is 2.25. The quantitative estimate of drug-likeness (QED) is 0.879. The van der Waals surface area contributed by atoms with E-state index < -0.39 is 17.6 Å². The summed E-state index contributed by atoms with van der Waals surface area (Å²) in [6, 6.07) is 5.58. The summed E-state index contributed by atoms with van der Waals surface area (Å²) in [5.41, 5.74) is -0.689. The van der Waals surface area contributed by atoms with Crippen LogP contribution < -0.4 is 5.32 Å². The van der Waals surface area contributed by atoms with Crippen LogP contribution in [0.4, 0.5) is 20.2 Å². The lowest BCUT2D eigenvalue weighted by molar-refractivity contribution is 0.0697. The number of para-hydroxylation sites is 1. The maximum absolute atomic E-state index is 13.5. The Kier molecular flexibility index (Phi) is 3.18. The van der Waals surface area contributed by atoms with Crippen LogP contribution in [-0.2, 0) is 0 Å². The number of hydrogen-bond donors (Lipinski definition) is 2. The molecule has 0 atom stereocenters. The highest BCUT2D eigenvalue weighted by atomic mass is 19.1. The molecule has 2 N–H and O–H groups in total. The first-order chi connectivity index (χ1) is 8.59. The molecule has 0 saturated carbocycles. The molecule has 0 bridgehead atoms. The van der Waals surface area contributed by atoms with E-state index in [1.54, 1.807) is 6.07 Å². The molecule has 0 aliphatic carbocycles. The van der Waals surface area contributed by atoms with E-state index in [0.717, 1.165) is 12.4 Å². The molecule has 0 saturated heterocycles. The van der Waals surface area contributed by atoms with Gasteiger partial charge in [0, 0.05) is 6.20 Å². The van der Waals surface area contributed by atoms with Gasteiger partial charge in [-0.25, -0.2) is 13.6 Å². The summed E-state index contributed by atoms with van der Waals surface area (Å²) in [5.74, 6) is -2.82. The highest BCUT2D eigenvalue weighted by molar-refractivity contribution is 5.94. The Hall–Kier alpha value is -2.50. The minimum atomic E-state index is -1.35. The molecule has 4 nitrogen and oxygen atoms in total. The van der Waals surface area contributed by atoms with Gasteiger partial charge in [0.05, 0.1) is 17.6 Å². The van der Waals surface area contributed by atoms with Gasteiger partial charge in [-0.3, -0.25) is 4.98 Å². The number of hydrogen-bond acceptors (Lipinski definition) is 3. The van der Waals surface area contributed by atoms with Gasteiger partial charge in [0.1, 0.15) is 11.4 Å². The summed E-state index contributed by atoms with van der Waals surface area (Å²) in [6.45, 7) is 0. The van der Waals surface area contributed by atoms with Gasteiger partial charge in [0.15, 0.2) is 5.82 Å². The highest BCUT2D eigenvalue weighted by Gasteiger charge is 2.16. The van der Waals surface area contributed by atoms with Crippen molar-refractivity contribution in [3.63, 3.8) is 0 Å². The van der Waals surface area contributed by atoms with Gasteiger partial charge < -0.3 is 10.4 Å². The van der Waals surface area contributed by atoms with Crippen LogP contribution in [0, 0.1) is 11.6 Å². The fourth-order valence-corrected chi connectivity index (χ4v) is 1.42. The molecule has 1 heterocycles. The van der Waals surface area contributed by atoms with Crippen molar-refractivity contribution in [2.75, 3.05) is 5.32 Å². The van der Waals surface area contributed by atoms with Gasteiger partial charge in [0.2, 0.25) is 0 Å². The Labute approximate surface area is 101 Å². The van der Waals surface area contributed by atoms with E-state index in [0.29, 0.717) is 0 Å². The molecular weight excluding hydrogens is 242 g/mol. The monoisotopic (exact) mass is 250 g/mol. The summed E-state index contributed by atoms with van der Waals surface area (Å²) in [7, 11) is 0. The standard InChI is InChI=1S/C12H8F2N2O2/c13-8-3-1-2-4-10(8)16-11-7(12(17)18)5-15-6-9(11)14/h1-6H,(H,15,16)(H,17,18). The second-order valence-electron chi connectivity index (χ2n) is 3.45. The average molecular weight is 250 g/mol. The van der Waals surface area contributed by atoms with Crippen molar-refractivity contribution in [3.05, 3.63) is 53.9 Å². The van der Waals surface area contributed by atoms with Crippen LogP contribution in [-0.4, -0.2) is 16.1 Å². The van der Waals surface area contributed by atoms with Crippen molar-refractivity contribution >= 4 is 17.3 Å². The number of carboxylic acid groups (broad SMARTS) is 1. The summed E-state index contributed by atoms with van der Waals surface area (Å²) in [5, 5.41) is 11.3. The number of pyridine rings is 1. The zero-order valence-electron chi connectivity index (χ0n) is 9.02. The number of carbonyl (C=O) groups is 1. The molecule has 2 rings (SSSR count). The van der Waals surface area contributed by atoms with Crippen molar-refractivity contribution in [1.29, 1.82) is 0 Å². The molecule has 92 valence electrons. The third-order valence-electron chi connectivity index (χ3n) is 2.26. The molecule has 0 aliphatic rings. The van der Waals surface area contributed by atoms with Crippen LogP contribution in [0.2, 0.25) is 0 Å². The van der Waals surface area contributed by atoms with Crippen LogP contribution in [0.5, 0.6) is 0 Å². The third kappa shape index (κ3) is 2.27. The number of benzene rings is 1. The maximum atomic E-state index is 13.5. The summed E-state index contributed by atoms with van der Waals surface area (Å²) in [6.07, 6.45) is 1.85. The number of halogens is 2. The number of aromatic carboxylic acids is 1. The lowest BCUT2D eigenvalue weighted by Crippen LogP contribution is -2.06. The minimum Gasteiger partial charge on any atom is -0.478 e. The Morgan fingerprint density at radius 1 is 1.17 bits per heavy atom. The lowest BCUT2D eigenvalue weighted by atomic mass is 10.2. The fourth-order valence-electron chi connectivity index (χ4n) is 1.42. The van der Waals surface area contributed by atoms with Crippen LogP contribution in [0.25, 0.3) is 0 Å². The molecule has 0 fully saturated rings. The molecule has 18 heavy (non-hydrogen) atoms. The predicted octanol–water partition coefficient (Wildman–Crippen LogP) is 2.80. The zero-order valence-corrected chi connectivity index (χ0v) is 9.02. The summed E-state index contributed by atoms with van der Waals surface area (Å²) >= 11 is 0. The first kappa shape index (κ1) is 12.0. The number of nitrogens with zero attached hydrogens (tertiary/aromatic N) is 1. The summed E-state index contributed by atoms with van der Waals surface area (Å²) < 4.78 is 26.9. The van der Waals surface area contributed by atoms with Crippen molar-refractivity contribution in [3.8, 4) is 0 Å². The molecule has 6 heteroatoms. The molecule has 0 unspecified atom stereocenters. The maximum Gasteiger partial charge on any atom is 0.339 e. The average Bonchev–Trinajstić information content (AvgIpc) is 2.34. The molecule has 1 aromatic heterocycles.